The van der Waals surface area contributed by atoms with Gasteiger partial charge in [0.1, 0.15) is 48.6 Å². The first-order valence-electron chi connectivity index (χ1n) is 12.7. The van der Waals surface area contributed by atoms with Crippen molar-refractivity contribution in [3.63, 3.8) is 0 Å². The van der Waals surface area contributed by atoms with E-state index in [1.165, 1.54) is 18.3 Å². The Bertz CT molecular complexity index is 1270. The van der Waals surface area contributed by atoms with Crippen molar-refractivity contribution in [2.24, 2.45) is 0 Å². The molecule has 1 saturated carbocycles. The van der Waals surface area contributed by atoms with Crippen molar-refractivity contribution < 1.29 is 39.1 Å². The van der Waals surface area contributed by atoms with E-state index >= 15 is 4.39 Å². The molecule has 0 amide bonds. The SMILES string of the molecule is C=CCOC(=O)c1cn(C2CC2)c2cc(N3CCN([C@@H]4O[C@H](CO)[C@@H](O)[C@H](O)[C@H]4O)CC3)c(F)cc2c1=O. The number of benzene rings is 1. The number of aliphatic hydroxyl groups excluding tert-OH is 4. The molecule has 0 bridgehead atoms. The summed E-state index contributed by atoms with van der Waals surface area (Å²) in [5, 5.41) is 40.2. The van der Waals surface area contributed by atoms with Crippen molar-refractivity contribution >= 4 is 22.6 Å². The molecule has 38 heavy (non-hydrogen) atoms. The molecule has 4 N–H and O–H groups in total. The Labute approximate surface area is 217 Å². The highest BCUT2D eigenvalue weighted by atomic mass is 19.1. The average Bonchev–Trinajstić information content (AvgIpc) is 3.76. The number of esters is 1. The van der Waals surface area contributed by atoms with Gasteiger partial charge in [-0.25, -0.2) is 9.18 Å². The second-order valence-electron chi connectivity index (χ2n) is 9.96. The summed E-state index contributed by atoms with van der Waals surface area (Å²) in [5.74, 6) is -1.38. The molecule has 5 rings (SSSR count). The number of ether oxygens (including phenoxy) is 2. The second kappa shape index (κ2) is 10.7. The predicted molar refractivity (Wildman–Crippen MR) is 134 cm³/mol. The molecule has 11 nitrogen and oxygen atoms in total. The molecule has 1 aromatic carbocycles. The predicted octanol–water partition coefficient (Wildman–Crippen LogP) is -0.260. The number of hydrogen-bond donors (Lipinski definition) is 4. The Morgan fingerprint density at radius 2 is 1.84 bits per heavy atom. The maximum absolute atomic E-state index is 15.4. The summed E-state index contributed by atoms with van der Waals surface area (Å²) in [6.45, 7) is 4.36. The Balaban J connectivity index is 1.40. The number of rotatable bonds is 7. The van der Waals surface area contributed by atoms with Crippen LogP contribution in [0.15, 0.2) is 35.8 Å². The first-order chi connectivity index (χ1) is 18.2. The first kappa shape index (κ1) is 26.7. The number of anilines is 1. The Morgan fingerprint density at radius 1 is 1.13 bits per heavy atom. The van der Waals surface area contributed by atoms with Crippen LogP contribution < -0.4 is 10.3 Å². The highest BCUT2D eigenvalue weighted by molar-refractivity contribution is 5.94. The molecule has 0 spiro atoms. The van der Waals surface area contributed by atoms with E-state index in [-0.39, 0.29) is 23.6 Å². The molecule has 1 aromatic heterocycles. The maximum atomic E-state index is 15.4. The fraction of sp³-hybridized carbons (Fsp3) is 0.538. The Kier molecular flexibility index (Phi) is 7.54. The molecule has 12 heteroatoms. The standard InChI is InChI=1S/C26H32FN3O8/c1-2-9-37-26(36)16-12-30(14-3-4-14)18-11-19(17(27)10-15(18)21(16)32)28-5-7-29(8-6-28)25-24(35)23(34)22(33)20(13-31)38-25/h2,10-12,14,20,22-25,31,33-35H,1,3-9,13H2/t20-,22-,23+,24-,25-/m1/s1. The van der Waals surface area contributed by atoms with E-state index in [1.807, 2.05) is 9.47 Å². The molecule has 2 saturated heterocycles. The van der Waals surface area contributed by atoms with Crippen molar-refractivity contribution in [2.75, 3.05) is 44.3 Å². The van der Waals surface area contributed by atoms with Gasteiger partial charge in [0, 0.05) is 43.8 Å². The number of nitrogens with zero attached hydrogens (tertiary/aromatic N) is 3. The lowest BCUT2D eigenvalue weighted by Gasteiger charge is -2.47. The number of hydrogen-bond acceptors (Lipinski definition) is 10. The fourth-order valence-electron chi connectivity index (χ4n) is 5.21. The number of carbonyl (C=O) groups excluding carboxylic acids is 1. The van der Waals surface area contributed by atoms with Crippen LogP contribution in [-0.2, 0) is 9.47 Å². The minimum absolute atomic E-state index is 0.0395. The number of pyridine rings is 1. The van der Waals surface area contributed by atoms with E-state index in [9.17, 15) is 30.0 Å². The second-order valence-corrected chi connectivity index (χ2v) is 9.96. The van der Waals surface area contributed by atoms with E-state index in [4.69, 9.17) is 9.47 Å². The lowest BCUT2D eigenvalue weighted by Crippen LogP contribution is -2.65. The molecule has 3 heterocycles. The van der Waals surface area contributed by atoms with Crippen molar-refractivity contribution in [1.29, 1.82) is 0 Å². The summed E-state index contributed by atoms with van der Waals surface area (Å²) in [5.41, 5.74) is 0.0997. The van der Waals surface area contributed by atoms with Crippen molar-refractivity contribution in [3.05, 3.63) is 52.6 Å². The average molecular weight is 534 g/mol. The third-order valence-electron chi connectivity index (χ3n) is 7.48. The molecule has 2 aromatic rings. The largest absolute Gasteiger partial charge is 0.458 e. The number of aromatic nitrogens is 1. The third-order valence-corrected chi connectivity index (χ3v) is 7.48. The van der Waals surface area contributed by atoms with Crippen molar-refractivity contribution in [2.45, 2.75) is 49.5 Å². The Morgan fingerprint density at radius 3 is 2.47 bits per heavy atom. The molecular weight excluding hydrogens is 501 g/mol. The van der Waals surface area contributed by atoms with E-state index < -0.39 is 54.5 Å². The van der Waals surface area contributed by atoms with Crippen molar-refractivity contribution in [3.8, 4) is 0 Å². The first-order valence-corrected chi connectivity index (χ1v) is 12.7. The van der Waals surface area contributed by atoms with Crippen LogP contribution in [0, 0.1) is 5.82 Å². The van der Waals surface area contributed by atoms with Gasteiger partial charge in [0.15, 0.2) is 0 Å². The zero-order valence-electron chi connectivity index (χ0n) is 20.8. The van der Waals surface area contributed by atoms with E-state index in [2.05, 4.69) is 6.58 Å². The van der Waals surface area contributed by atoms with Gasteiger partial charge in [0.25, 0.3) is 0 Å². The van der Waals surface area contributed by atoms with Gasteiger partial charge >= 0.3 is 5.97 Å². The summed E-state index contributed by atoms with van der Waals surface area (Å²) in [6, 6.07) is 2.90. The fourth-order valence-corrected chi connectivity index (χ4v) is 5.21. The van der Waals surface area contributed by atoms with Gasteiger partial charge in [-0.3, -0.25) is 9.69 Å². The summed E-state index contributed by atoms with van der Waals surface area (Å²) < 4.78 is 27.9. The zero-order chi connectivity index (χ0) is 27.1. The summed E-state index contributed by atoms with van der Waals surface area (Å²) in [6.07, 6.45) is -1.58. The molecule has 0 unspecified atom stereocenters. The third kappa shape index (κ3) is 4.83. The van der Waals surface area contributed by atoms with Gasteiger partial charge < -0.3 is 39.4 Å². The molecule has 0 radical (unpaired) electrons. The van der Waals surface area contributed by atoms with Crippen LogP contribution in [0.4, 0.5) is 10.1 Å². The zero-order valence-corrected chi connectivity index (χ0v) is 20.8. The number of aliphatic hydroxyl groups is 4. The van der Waals surface area contributed by atoms with Gasteiger partial charge in [-0.1, -0.05) is 12.7 Å². The molecule has 2 aliphatic heterocycles. The van der Waals surface area contributed by atoms with Crippen LogP contribution >= 0.6 is 0 Å². The van der Waals surface area contributed by atoms with Crippen LogP contribution in [0.5, 0.6) is 0 Å². The quantitative estimate of drug-likeness (QED) is 0.278. The summed E-state index contributed by atoms with van der Waals surface area (Å²) in [4.78, 5) is 29.2. The lowest BCUT2D eigenvalue weighted by molar-refractivity contribution is -0.265. The normalized spacial score (nSPS) is 28.4. The van der Waals surface area contributed by atoms with Crippen LogP contribution in [0.2, 0.25) is 0 Å². The number of halogens is 1. The number of fused-ring (bicyclic) bond motifs is 1. The summed E-state index contributed by atoms with van der Waals surface area (Å²) in [7, 11) is 0. The minimum Gasteiger partial charge on any atom is -0.458 e. The van der Waals surface area contributed by atoms with Gasteiger partial charge in [-0.05, 0) is 25.0 Å². The van der Waals surface area contributed by atoms with E-state index in [0.717, 1.165) is 12.8 Å². The topological polar surface area (TPSA) is 145 Å². The van der Waals surface area contributed by atoms with Crippen molar-refractivity contribution in [1.82, 2.24) is 9.47 Å². The molecule has 1 aliphatic carbocycles. The minimum atomic E-state index is -1.47. The van der Waals surface area contributed by atoms with Crippen LogP contribution in [0.1, 0.15) is 29.2 Å². The van der Waals surface area contributed by atoms with Crippen LogP contribution in [0.25, 0.3) is 10.9 Å². The molecule has 206 valence electrons. The highest BCUT2D eigenvalue weighted by Gasteiger charge is 2.46. The maximum Gasteiger partial charge on any atom is 0.343 e. The summed E-state index contributed by atoms with van der Waals surface area (Å²) >= 11 is 0. The Hall–Kier alpha value is -2.87. The smallest absolute Gasteiger partial charge is 0.343 e. The van der Waals surface area contributed by atoms with Gasteiger partial charge in [0.05, 0.1) is 17.8 Å². The molecule has 5 atom stereocenters. The van der Waals surface area contributed by atoms with Gasteiger partial charge in [-0.15, -0.1) is 0 Å². The van der Waals surface area contributed by atoms with E-state index in [1.54, 1.807) is 11.0 Å². The number of piperazine rings is 1. The van der Waals surface area contributed by atoms with E-state index in [0.29, 0.717) is 37.4 Å². The molecule has 3 aliphatic rings. The van der Waals surface area contributed by atoms with Gasteiger partial charge in [0.2, 0.25) is 5.43 Å². The van der Waals surface area contributed by atoms with Gasteiger partial charge in [-0.2, -0.15) is 0 Å². The molecular formula is C26H32FN3O8. The monoisotopic (exact) mass is 533 g/mol. The lowest BCUT2D eigenvalue weighted by atomic mass is 9.97. The highest BCUT2D eigenvalue weighted by Crippen LogP contribution is 2.38. The van der Waals surface area contributed by atoms with Crippen LogP contribution in [-0.4, -0.2) is 106 Å². The van der Waals surface area contributed by atoms with Crippen LogP contribution in [0.3, 0.4) is 0 Å². The molecule has 3 fully saturated rings. The number of carbonyl (C=O) groups is 1.